The molecule has 2 aromatic carbocycles. The van der Waals surface area contributed by atoms with E-state index in [1.54, 1.807) is 50.2 Å². The van der Waals surface area contributed by atoms with E-state index < -0.39 is 0 Å². The summed E-state index contributed by atoms with van der Waals surface area (Å²) in [5.41, 5.74) is 2.41. The molecule has 2 heterocycles. The average molecular weight is 394 g/mol. The van der Waals surface area contributed by atoms with Crippen LogP contribution in [0.3, 0.4) is 0 Å². The molecule has 8 heteroatoms. The van der Waals surface area contributed by atoms with Gasteiger partial charge in [-0.15, -0.1) is 5.10 Å². The molecule has 0 amide bonds. The molecule has 4 aromatic rings. The number of hydrogen-bond donors (Lipinski definition) is 0. The van der Waals surface area contributed by atoms with E-state index in [1.807, 2.05) is 12.1 Å². The van der Waals surface area contributed by atoms with Crippen molar-refractivity contribution in [1.29, 1.82) is 0 Å². The van der Waals surface area contributed by atoms with Gasteiger partial charge in [0.05, 0.1) is 27.0 Å². The maximum absolute atomic E-state index is 13.1. The maximum atomic E-state index is 13.1. The molecule has 0 radical (unpaired) electrons. The standard InChI is InChI=1S/C21H19FN4O3/c1-27-17-9-8-15(19(28-2)20(17)29-3)16-10-11-23-21-24-18(25-26(16)21)12-13-4-6-14(22)7-5-13/h4-11H,12H2,1-3H3. The first kappa shape index (κ1) is 18.7. The molecule has 0 saturated heterocycles. The molecule has 0 aliphatic rings. The van der Waals surface area contributed by atoms with Crippen LogP contribution in [0.2, 0.25) is 0 Å². The molecule has 0 spiro atoms. The second-order valence-electron chi connectivity index (χ2n) is 6.26. The van der Waals surface area contributed by atoms with Crippen molar-refractivity contribution in [3.8, 4) is 28.5 Å². The van der Waals surface area contributed by atoms with Crippen molar-refractivity contribution >= 4 is 5.78 Å². The summed E-state index contributed by atoms with van der Waals surface area (Å²) in [7, 11) is 4.70. The lowest BCUT2D eigenvalue weighted by atomic mass is 10.1. The zero-order chi connectivity index (χ0) is 20.4. The second-order valence-corrected chi connectivity index (χ2v) is 6.26. The van der Waals surface area contributed by atoms with Gasteiger partial charge in [0.1, 0.15) is 5.82 Å². The minimum atomic E-state index is -0.277. The molecule has 29 heavy (non-hydrogen) atoms. The molecule has 4 rings (SSSR count). The van der Waals surface area contributed by atoms with Crippen LogP contribution in [0.4, 0.5) is 4.39 Å². The van der Waals surface area contributed by atoms with Crippen molar-refractivity contribution < 1.29 is 18.6 Å². The summed E-state index contributed by atoms with van der Waals surface area (Å²) in [4.78, 5) is 8.81. The van der Waals surface area contributed by atoms with Crippen molar-refractivity contribution in [2.75, 3.05) is 21.3 Å². The Kier molecular flexibility index (Phi) is 4.99. The number of fused-ring (bicyclic) bond motifs is 1. The first-order valence-corrected chi connectivity index (χ1v) is 8.89. The Morgan fingerprint density at radius 3 is 2.34 bits per heavy atom. The minimum Gasteiger partial charge on any atom is -0.493 e. The lowest BCUT2D eigenvalue weighted by molar-refractivity contribution is 0.325. The fourth-order valence-electron chi connectivity index (χ4n) is 3.20. The van der Waals surface area contributed by atoms with Crippen molar-refractivity contribution in [2.24, 2.45) is 0 Å². The monoisotopic (exact) mass is 394 g/mol. The molecule has 0 aliphatic heterocycles. The van der Waals surface area contributed by atoms with Crippen LogP contribution in [0.25, 0.3) is 17.0 Å². The summed E-state index contributed by atoms with van der Waals surface area (Å²) < 4.78 is 31.2. The van der Waals surface area contributed by atoms with Gasteiger partial charge in [0.2, 0.25) is 5.75 Å². The fraction of sp³-hybridized carbons (Fsp3) is 0.190. The Balaban J connectivity index is 1.81. The third-order valence-electron chi connectivity index (χ3n) is 4.54. The van der Waals surface area contributed by atoms with E-state index in [1.165, 1.54) is 12.1 Å². The number of hydrogen-bond acceptors (Lipinski definition) is 6. The molecular weight excluding hydrogens is 375 g/mol. The quantitative estimate of drug-likeness (QED) is 0.498. The lowest BCUT2D eigenvalue weighted by Crippen LogP contribution is -2.01. The van der Waals surface area contributed by atoms with Crippen LogP contribution in [0.5, 0.6) is 17.2 Å². The summed E-state index contributed by atoms with van der Waals surface area (Å²) in [5, 5.41) is 4.60. The van der Waals surface area contributed by atoms with Gasteiger partial charge in [-0.1, -0.05) is 12.1 Å². The predicted octanol–water partition coefficient (Wildman–Crippen LogP) is 3.55. The van der Waals surface area contributed by atoms with Crippen LogP contribution in [-0.2, 0) is 6.42 Å². The smallest absolute Gasteiger partial charge is 0.252 e. The van der Waals surface area contributed by atoms with Gasteiger partial charge in [0, 0.05) is 18.2 Å². The molecule has 0 fully saturated rings. The minimum absolute atomic E-state index is 0.277. The number of methoxy groups -OCH3 is 3. The molecule has 0 bridgehead atoms. The van der Waals surface area contributed by atoms with Crippen LogP contribution in [0.1, 0.15) is 11.4 Å². The molecular formula is C21H19FN4O3. The number of aromatic nitrogens is 4. The highest BCUT2D eigenvalue weighted by Gasteiger charge is 2.20. The van der Waals surface area contributed by atoms with Gasteiger partial charge < -0.3 is 14.2 Å². The van der Waals surface area contributed by atoms with Crippen LogP contribution in [0.15, 0.2) is 48.7 Å². The highest BCUT2D eigenvalue weighted by atomic mass is 19.1. The van der Waals surface area contributed by atoms with Gasteiger partial charge in [-0.3, -0.25) is 0 Å². The zero-order valence-corrected chi connectivity index (χ0v) is 16.2. The summed E-state index contributed by atoms with van der Waals surface area (Å²) in [6, 6.07) is 11.8. The Bertz CT molecular complexity index is 1160. The molecule has 0 N–H and O–H groups in total. The third kappa shape index (κ3) is 3.44. The first-order valence-electron chi connectivity index (χ1n) is 8.89. The van der Waals surface area contributed by atoms with E-state index in [0.717, 1.165) is 16.8 Å². The van der Waals surface area contributed by atoms with Crippen molar-refractivity contribution in [3.63, 3.8) is 0 Å². The van der Waals surface area contributed by atoms with Crippen molar-refractivity contribution in [1.82, 2.24) is 19.6 Å². The highest BCUT2D eigenvalue weighted by molar-refractivity contribution is 5.75. The number of rotatable bonds is 6. The van der Waals surface area contributed by atoms with Crippen molar-refractivity contribution in [2.45, 2.75) is 6.42 Å². The van der Waals surface area contributed by atoms with Gasteiger partial charge in [-0.05, 0) is 35.9 Å². The highest BCUT2D eigenvalue weighted by Crippen LogP contribution is 2.44. The normalized spacial score (nSPS) is 10.9. The largest absolute Gasteiger partial charge is 0.493 e. The van der Waals surface area contributed by atoms with Crippen LogP contribution in [-0.4, -0.2) is 40.9 Å². The Hall–Kier alpha value is -3.68. The Labute approximate surface area is 166 Å². The predicted molar refractivity (Wildman–Crippen MR) is 105 cm³/mol. The van der Waals surface area contributed by atoms with Gasteiger partial charge in [0.25, 0.3) is 5.78 Å². The van der Waals surface area contributed by atoms with E-state index in [9.17, 15) is 4.39 Å². The van der Waals surface area contributed by atoms with E-state index >= 15 is 0 Å². The maximum Gasteiger partial charge on any atom is 0.252 e. The van der Waals surface area contributed by atoms with Gasteiger partial charge in [0.15, 0.2) is 17.3 Å². The summed E-state index contributed by atoms with van der Waals surface area (Å²) >= 11 is 0. The lowest BCUT2D eigenvalue weighted by Gasteiger charge is -2.16. The Morgan fingerprint density at radius 2 is 1.66 bits per heavy atom. The van der Waals surface area contributed by atoms with Crippen LogP contribution >= 0.6 is 0 Å². The molecule has 0 atom stereocenters. The van der Waals surface area contributed by atoms with Gasteiger partial charge in [-0.25, -0.2) is 9.37 Å². The van der Waals surface area contributed by atoms with E-state index in [0.29, 0.717) is 35.3 Å². The van der Waals surface area contributed by atoms with Gasteiger partial charge in [-0.2, -0.15) is 9.50 Å². The van der Waals surface area contributed by atoms with E-state index in [2.05, 4.69) is 15.1 Å². The third-order valence-corrected chi connectivity index (χ3v) is 4.54. The molecule has 2 aromatic heterocycles. The molecule has 148 valence electrons. The fourth-order valence-corrected chi connectivity index (χ4v) is 3.20. The summed E-state index contributed by atoms with van der Waals surface area (Å²) in [6.45, 7) is 0. The summed E-state index contributed by atoms with van der Waals surface area (Å²) in [5.74, 6) is 2.33. The molecule has 0 aliphatic carbocycles. The number of halogens is 1. The van der Waals surface area contributed by atoms with Crippen LogP contribution in [0, 0.1) is 5.82 Å². The van der Waals surface area contributed by atoms with Crippen LogP contribution < -0.4 is 14.2 Å². The topological polar surface area (TPSA) is 70.8 Å². The van der Waals surface area contributed by atoms with E-state index in [-0.39, 0.29) is 5.82 Å². The molecule has 0 unspecified atom stereocenters. The number of ether oxygens (including phenoxy) is 3. The second kappa shape index (κ2) is 7.75. The summed E-state index contributed by atoms with van der Waals surface area (Å²) in [6.07, 6.45) is 2.13. The molecule has 0 saturated carbocycles. The van der Waals surface area contributed by atoms with Crippen molar-refractivity contribution in [3.05, 3.63) is 65.9 Å². The van der Waals surface area contributed by atoms with Gasteiger partial charge >= 0.3 is 0 Å². The van der Waals surface area contributed by atoms with E-state index in [4.69, 9.17) is 14.2 Å². The average Bonchev–Trinajstić information content (AvgIpc) is 3.16. The Morgan fingerprint density at radius 1 is 0.897 bits per heavy atom. The molecule has 7 nitrogen and oxygen atoms in total. The zero-order valence-electron chi connectivity index (χ0n) is 16.2. The number of benzene rings is 2. The SMILES string of the molecule is COc1ccc(-c2ccnc3nc(Cc4ccc(F)cc4)nn23)c(OC)c1OC. The first-order chi connectivity index (χ1) is 14.1. The number of nitrogens with zero attached hydrogens (tertiary/aromatic N) is 4.